The smallest absolute Gasteiger partial charge is 0.271 e. The van der Waals surface area contributed by atoms with Crippen LogP contribution >= 0.6 is 60.4 Å². The Morgan fingerprint density at radius 3 is 1.10 bits per heavy atom. The highest BCUT2D eigenvalue weighted by molar-refractivity contribution is 7.59. The van der Waals surface area contributed by atoms with Gasteiger partial charge in [0, 0.05) is 0 Å². The first-order valence-electron chi connectivity index (χ1n) is 1.34. The summed E-state index contributed by atoms with van der Waals surface area (Å²) in [5.41, 5.74) is 0. The van der Waals surface area contributed by atoms with Crippen LogP contribution in [0.3, 0.4) is 0 Å². The molecule has 0 saturated heterocycles. The molecule has 0 atom stereocenters. The van der Waals surface area contributed by atoms with Crippen LogP contribution in [-0.2, 0) is 13.4 Å². The Balaban J connectivity index is -0.000000107. The average molecular weight is 248 g/mol. The second-order valence-electron chi connectivity index (χ2n) is 0.606. The molecule has 0 unspecified atom stereocenters. The van der Waals surface area contributed by atoms with Crippen LogP contribution in [0, 0.1) is 0 Å². The first-order valence-corrected chi connectivity index (χ1v) is 2.72. The van der Waals surface area contributed by atoms with Crippen LogP contribution < -0.4 is 0 Å². The summed E-state index contributed by atoms with van der Waals surface area (Å²) in [6.45, 7) is 0. The van der Waals surface area contributed by atoms with Gasteiger partial charge in [-0.25, -0.2) is 0 Å². The van der Waals surface area contributed by atoms with Crippen molar-refractivity contribution in [1.82, 2.24) is 0 Å². The van der Waals surface area contributed by atoms with Crippen LogP contribution in [0.5, 0.6) is 0 Å². The van der Waals surface area contributed by atoms with Gasteiger partial charge in [-0.05, 0) is 23.2 Å². The molecule has 0 saturated carbocycles. The van der Waals surface area contributed by atoms with Crippen LogP contribution in [0.1, 0.15) is 0 Å². The average Bonchev–Trinajstić information content (AvgIpc) is 1.68. The molecule has 0 aliphatic heterocycles. The van der Waals surface area contributed by atoms with Crippen molar-refractivity contribution in [3.63, 3.8) is 0 Å². The molecule has 0 bridgehead atoms. The lowest BCUT2D eigenvalue weighted by Gasteiger charge is -1.67. The third-order valence-electron chi connectivity index (χ3n) is 0.155. The summed E-state index contributed by atoms with van der Waals surface area (Å²) in [4.78, 5) is 18.9. The second kappa shape index (κ2) is 12.5. The number of carbonyl (C=O) groups excluding carboxylic acids is 2. The van der Waals surface area contributed by atoms with E-state index >= 15 is 0 Å². The standard InChI is InChI=1S/C2Cl2O2.Cl2O.H2S/c3-1(5)2(4)6;1-3-2;/h;;1H2. The number of rotatable bonds is 1. The van der Waals surface area contributed by atoms with Gasteiger partial charge in [-0.1, -0.05) is 0 Å². The van der Waals surface area contributed by atoms with Gasteiger partial charge in [0.2, 0.25) is 0 Å². The molecule has 0 amide bonds. The maximum atomic E-state index is 9.43. The molecular weight excluding hydrogens is 246 g/mol. The van der Waals surface area contributed by atoms with E-state index in [1.807, 2.05) is 0 Å². The maximum Gasteiger partial charge on any atom is 0.304 e. The molecule has 0 radical (unpaired) electrons. The van der Waals surface area contributed by atoms with Crippen LogP contribution in [0.2, 0.25) is 0 Å². The van der Waals surface area contributed by atoms with Gasteiger partial charge in [0.25, 0.3) is 0 Å². The Hall–Kier alpha value is 0.810. The SMILES string of the molecule is ClOCl.O=C(Cl)C(=O)Cl.S. The van der Waals surface area contributed by atoms with Crippen molar-refractivity contribution in [2.45, 2.75) is 0 Å². The Labute approximate surface area is 84.3 Å². The highest BCUT2D eigenvalue weighted by Crippen LogP contribution is 1.84. The summed E-state index contributed by atoms with van der Waals surface area (Å²) in [6, 6.07) is 0. The van der Waals surface area contributed by atoms with E-state index in [0.29, 0.717) is 0 Å². The van der Waals surface area contributed by atoms with E-state index in [2.05, 4.69) is 50.8 Å². The van der Waals surface area contributed by atoms with Gasteiger partial charge in [-0.2, -0.15) is 17.3 Å². The maximum absolute atomic E-state index is 9.43. The Morgan fingerprint density at radius 2 is 1.10 bits per heavy atom. The van der Waals surface area contributed by atoms with Gasteiger partial charge in [-0.3, -0.25) is 9.59 Å². The quantitative estimate of drug-likeness (QED) is 0.526. The highest BCUT2D eigenvalue weighted by atomic mass is 35.6. The minimum atomic E-state index is -1.14. The van der Waals surface area contributed by atoms with Crippen molar-refractivity contribution in [3.05, 3.63) is 0 Å². The minimum Gasteiger partial charge on any atom is -0.271 e. The molecule has 0 spiro atoms. The van der Waals surface area contributed by atoms with Gasteiger partial charge in [0.15, 0.2) is 0 Å². The van der Waals surface area contributed by atoms with E-state index in [0.717, 1.165) is 0 Å². The molecule has 0 aliphatic carbocycles. The predicted molar refractivity (Wildman–Crippen MR) is 44.9 cm³/mol. The van der Waals surface area contributed by atoms with Gasteiger partial charge >= 0.3 is 10.5 Å². The fourth-order valence-electron chi connectivity index (χ4n) is 0. The number of hydrogen-bond acceptors (Lipinski definition) is 3. The highest BCUT2D eigenvalue weighted by Gasteiger charge is 2.01. The predicted octanol–water partition coefficient (Wildman–Crippen LogP) is 1.94. The van der Waals surface area contributed by atoms with Crippen molar-refractivity contribution in [2.75, 3.05) is 0 Å². The van der Waals surface area contributed by atoms with Crippen LogP contribution in [-0.4, -0.2) is 10.5 Å². The Bertz CT molecular complexity index is 94.7. The normalized spacial score (nSPS) is 6.40. The first-order chi connectivity index (χ1) is 4.06. The van der Waals surface area contributed by atoms with Gasteiger partial charge < -0.3 is 0 Å². The fourth-order valence-corrected chi connectivity index (χ4v) is 0. The van der Waals surface area contributed by atoms with Crippen molar-refractivity contribution < 1.29 is 13.4 Å². The van der Waals surface area contributed by atoms with Crippen LogP contribution in [0.4, 0.5) is 0 Å². The molecular formula is C2H2Cl4O3S. The molecule has 0 aromatic heterocycles. The summed E-state index contributed by atoms with van der Waals surface area (Å²) < 4.78 is 3.19. The van der Waals surface area contributed by atoms with E-state index < -0.39 is 10.5 Å². The van der Waals surface area contributed by atoms with Crippen molar-refractivity contribution in [1.29, 1.82) is 0 Å². The van der Waals surface area contributed by atoms with Crippen LogP contribution in [0.15, 0.2) is 0 Å². The van der Waals surface area contributed by atoms with Crippen LogP contribution in [0.25, 0.3) is 0 Å². The van der Waals surface area contributed by atoms with Gasteiger partial charge in [0.05, 0.1) is 23.7 Å². The fraction of sp³-hybridized carbons (Fsp3) is 0. The largest absolute Gasteiger partial charge is 0.304 e. The lowest BCUT2D eigenvalue weighted by molar-refractivity contribution is -0.127. The van der Waals surface area contributed by atoms with Gasteiger partial charge in [0.1, 0.15) is 0 Å². The van der Waals surface area contributed by atoms with E-state index in [1.54, 1.807) is 0 Å². The molecule has 0 aromatic rings. The summed E-state index contributed by atoms with van der Waals surface area (Å²) in [7, 11) is 0. The van der Waals surface area contributed by atoms with E-state index in [-0.39, 0.29) is 13.5 Å². The zero-order valence-corrected chi connectivity index (χ0v) is 8.26. The Morgan fingerprint density at radius 1 is 1.00 bits per heavy atom. The molecule has 0 aliphatic rings. The van der Waals surface area contributed by atoms with Gasteiger partial charge in [-0.15, -0.1) is 0 Å². The topological polar surface area (TPSA) is 43.4 Å². The number of halogens is 4. The minimum absolute atomic E-state index is 0. The summed E-state index contributed by atoms with van der Waals surface area (Å²) in [5, 5.41) is -2.28. The third-order valence-corrected chi connectivity index (χ3v) is 0.595. The number of carbonyl (C=O) groups is 2. The summed E-state index contributed by atoms with van der Waals surface area (Å²) in [6.07, 6.45) is 0. The summed E-state index contributed by atoms with van der Waals surface area (Å²) in [5.74, 6) is 0. The lowest BCUT2D eigenvalue weighted by Crippen LogP contribution is -1.94. The molecule has 8 heteroatoms. The van der Waals surface area contributed by atoms with Crippen molar-refractivity contribution in [3.8, 4) is 0 Å². The molecule has 0 fully saturated rings. The lowest BCUT2D eigenvalue weighted by atomic mass is 10.9. The zero-order chi connectivity index (χ0) is 7.86. The summed E-state index contributed by atoms with van der Waals surface area (Å²) >= 11 is 17.5. The molecule has 0 N–H and O–H groups in total. The first kappa shape index (κ1) is 17.1. The molecule has 0 aromatic carbocycles. The zero-order valence-electron chi connectivity index (χ0n) is 4.24. The van der Waals surface area contributed by atoms with E-state index in [1.165, 1.54) is 0 Å². The third kappa shape index (κ3) is 23.2. The van der Waals surface area contributed by atoms with E-state index in [9.17, 15) is 9.59 Å². The monoisotopic (exact) mass is 246 g/mol. The Kier molecular flexibility index (Phi) is 21.3. The molecule has 10 heavy (non-hydrogen) atoms. The van der Waals surface area contributed by atoms with Crippen molar-refractivity contribution in [2.24, 2.45) is 0 Å². The molecule has 0 heterocycles. The molecule has 0 rings (SSSR count). The van der Waals surface area contributed by atoms with E-state index in [4.69, 9.17) is 0 Å². The molecule has 62 valence electrons. The molecule has 3 nitrogen and oxygen atoms in total. The van der Waals surface area contributed by atoms with Crippen molar-refractivity contribution >= 4 is 70.9 Å². The number of hydrogen-bond donors (Lipinski definition) is 0. The second-order valence-corrected chi connectivity index (χ2v) is 1.76.